The molecular weight excluding hydrogens is 373 g/mol. The second kappa shape index (κ2) is 8.43. The summed E-state index contributed by atoms with van der Waals surface area (Å²) < 4.78 is 0. The Kier molecular flexibility index (Phi) is 6.01. The van der Waals surface area contributed by atoms with Gasteiger partial charge in [-0.1, -0.05) is 47.5 Å². The highest BCUT2D eigenvalue weighted by Crippen LogP contribution is 2.20. The summed E-state index contributed by atoms with van der Waals surface area (Å²) in [6, 6.07) is 14.2. The molecule has 7 heteroatoms. The first-order valence-electron chi connectivity index (χ1n) is 8.35. The first kappa shape index (κ1) is 18.5. The van der Waals surface area contributed by atoms with E-state index in [0.29, 0.717) is 48.3 Å². The Morgan fingerprint density at radius 2 is 1.58 bits per heavy atom. The Hall–Kier alpha value is -2.24. The number of hydrogen-bond donors (Lipinski definition) is 1. The van der Waals surface area contributed by atoms with E-state index < -0.39 is 0 Å². The third kappa shape index (κ3) is 4.48. The fourth-order valence-corrected chi connectivity index (χ4v) is 3.30. The minimum Gasteiger partial charge on any atom is -0.335 e. The highest BCUT2D eigenvalue weighted by Gasteiger charge is 2.24. The maximum atomic E-state index is 12.4. The molecule has 2 aromatic rings. The van der Waals surface area contributed by atoms with Crippen LogP contribution in [0.5, 0.6) is 0 Å². The Morgan fingerprint density at radius 3 is 2.23 bits per heavy atom. The molecule has 1 fully saturated rings. The van der Waals surface area contributed by atoms with Crippen molar-refractivity contribution < 1.29 is 9.59 Å². The van der Waals surface area contributed by atoms with Gasteiger partial charge in [0.1, 0.15) is 0 Å². The number of urea groups is 1. The second-order valence-corrected chi connectivity index (χ2v) is 6.88. The quantitative estimate of drug-likeness (QED) is 0.867. The Labute approximate surface area is 162 Å². The summed E-state index contributed by atoms with van der Waals surface area (Å²) >= 11 is 12.0. The van der Waals surface area contributed by atoms with E-state index in [-0.39, 0.29) is 11.9 Å². The minimum atomic E-state index is -0.164. The zero-order chi connectivity index (χ0) is 18.5. The molecule has 1 saturated heterocycles. The zero-order valence-electron chi connectivity index (χ0n) is 14.1. The second-order valence-electron chi connectivity index (χ2n) is 6.04. The van der Waals surface area contributed by atoms with Gasteiger partial charge in [-0.05, 0) is 29.8 Å². The SMILES string of the molecule is O=C(NCc1ccc(Cl)cc1Cl)N1CCN(C(=O)c2ccccc2)CC1. The van der Waals surface area contributed by atoms with Gasteiger partial charge in [-0.15, -0.1) is 0 Å². The lowest BCUT2D eigenvalue weighted by atomic mass is 10.2. The van der Waals surface area contributed by atoms with E-state index in [1.165, 1.54) is 0 Å². The number of nitrogens with one attached hydrogen (secondary N) is 1. The average Bonchev–Trinajstić information content (AvgIpc) is 2.67. The molecule has 0 atom stereocenters. The van der Waals surface area contributed by atoms with E-state index in [4.69, 9.17) is 23.2 Å². The van der Waals surface area contributed by atoms with E-state index in [1.54, 1.807) is 40.1 Å². The Balaban J connectivity index is 1.50. The van der Waals surface area contributed by atoms with Gasteiger partial charge in [-0.2, -0.15) is 0 Å². The maximum Gasteiger partial charge on any atom is 0.317 e. The average molecular weight is 392 g/mol. The van der Waals surface area contributed by atoms with Gasteiger partial charge < -0.3 is 15.1 Å². The molecule has 0 bridgehead atoms. The molecule has 0 aromatic heterocycles. The van der Waals surface area contributed by atoms with Gasteiger partial charge in [-0.25, -0.2) is 4.79 Å². The molecule has 1 aliphatic rings. The van der Waals surface area contributed by atoms with Crippen LogP contribution in [-0.4, -0.2) is 47.9 Å². The third-order valence-corrected chi connectivity index (χ3v) is 4.91. The van der Waals surface area contributed by atoms with Crippen molar-refractivity contribution in [3.63, 3.8) is 0 Å². The van der Waals surface area contributed by atoms with Crippen molar-refractivity contribution in [3.8, 4) is 0 Å². The molecule has 1 heterocycles. The summed E-state index contributed by atoms with van der Waals surface area (Å²) in [6.07, 6.45) is 0. The molecule has 0 spiro atoms. The van der Waals surface area contributed by atoms with E-state index in [2.05, 4.69) is 5.32 Å². The van der Waals surface area contributed by atoms with Crippen LogP contribution in [0.3, 0.4) is 0 Å². The molecule has 136 valence electrons. The fraction of sp³-hybridized carbons (Fsp3) is 0.263. The predicted octanol–water partition coefficient (Wildman–Crippen LogP) is 3.66. The highest BCUT2D eigenvalue weighted by molar-refractivity contribution is 6.35. The highest BCUT2D eigenvalue weighted by atomic mass is 35.5. The van der Waals surface area contributed by atoms with E-state index >= 15 is 0 Å². The monoisotopic (exact) mass is 391 g/mol. The maximum absolute atomic E-state index is 12.4. The molecule has 3 amide bonds. The van der Waals surface area contributed by atoms with Gasteiger partial charge >= 0.3 is 6.03 Å². The van der Waals surface area contributed by atoms with Crippen LogP contribution in [0.2, 0.25) is 10.0 Å². The molecular formula is C19H19Cl2N3O2. The number of rotatable bonds is 3. The number of carbonyl (C=O) groups excluding carboxylic acids is 2. The van der Waals surface area contributed by atoms with E-state index in [0.717, 1.165) is 5.56 Å². The molecule has 26 heavy (non-hydrogen) atoms. The lowest BCUT2D eigenvalue weighted by Crippen LogP contribution is -2.53. The van der Waals surface area contributed by atoms with Gasteiger partial charge in [0, 0.05) is 48.3 Å². The molecule has 0 saturated carbocycles. The van der Waals surface area contributed by atoms with Crippen LogP contribution < -0.4 is 5.32 Å². The van der Waals surface area contributed by atoms with Crippen molar-refractivity contribution in [2.24, 2.45) is 0 Å². The van der Waals surface area contributed by atoms with Crippen LogP contribution in [0.1, 0.15) is 15.9 Å². The third-order valence-electron chi connectivity index (χ3n) is 4.32. The van der Waals surface area contributed by atoms with Gasteiger partial charge in [0.15, 0.2) is 0 Å². The number of carbonyl (C=O) groups is 2. The molecule has 2 aromatic carbocycles. The molecule has 1 aliphatic heterocycles. The topological polar surface area (TPSA) is 52.7 Å². The number of hydrogen-bond acceptors (Lipinski definition) is 2. The first-order chi connectivity index (χ1) is 12.5. The fourth-order valence-electron chi connectivity index (χ4n) is 2.82. The lowest BCUT2D eigenvalue weighted by Gasteiger charge is -2.34. The van der Waals surface area contributed by atoms with Crippen LogP contribution >= 0.6 is 23.2 Å². The smallest absolute Gasteiger partial charge is 0.317 e. The largest absolute Gasteiger partial charge is 0.335 e. The van der Waals surface area contributed by atoms with Crippen LogP contribution in [0.4, 0.5) is 4.79 Å². The molecule has 1 N–H and O–H groups in total. The van der Waals surface area contributed by atoms with Gasteiger partial charge in [0.05, 0.1) is 0 Å². The number of benzene rings is 2. The van der Waals surface area contributed by atoms with Crippen LogP contribution in [-0.2, 0) is 6.54 Å². The number of piperazine rings is 1. The summed E-state index contributed by atoms with van der Waals surface area (Å²) in [7, 11) is 0. The summed E-state index contributed by atoms with van der Waals surface area (Å²) in [5.74, 6) is -0.00129. The van der Waals surface area contributed by atoms with Crippen LogP contribution in [0, 0.1) is 0 Å². The van der Waals surface area contributed by atoms with Crippen LogP contribution in [0.15, 0.2) is 48.5 Å². The van der Waals surface area contributed by atoms with Gasteiger partial charge in [-0.3, -0.25) is 4.79 Å². The van der Waals surface area contributed by atoms with Crippen molar-refractivity contribution in [2.45, 2.75) is 6.54 Å². The minimum absolute atomic E-state index is 0.00129. The molecule has 3 rings (SSSR count). The lowest BCUT2D eigenvalue weighted by molar-refractivity contribution is 0.0665. The predicted molar refractivity (Wildman–Crippen MR) is 103 cm³/mol. The van der Waals surface area contributed by atoms with Crippen molar-refractivity contribution in [3.05, 3.63) is 69.7 Å². The summed E-state index contributed by atoms with van der Waals surface area (Å²) in [5.41, 5.74) is 1.48. The Bertz CT molecular complexity index is 791. The van der Waals surface area contributed by atoms with E-state index in [9.17, 15) is 9.59 Å². The molecule has 0 radical (unpaired) electrons. The molecule has 5 nitrogen and oxygen atoms in total. The number of nitrogens with zero attached hydrogens (tertiary/aromatic N) is 2. The zero-order valence-corrected chi connectivity index (χ0v) is 15.6. The normalized spacial score (nSPS) is 14.2. The van der Waals surface area contributed by atoms with Gasteiger partial charge in [0.25, 0.3) is 5.91 Å². The van der Waals surface area contributed by atoms with Crippen LogP contribution in [0.25, 0.3) is 0 Å². The summed E-state index contributed by atoms with van der Waals surface area (Å²) in [5, 5.41) is 3.94. The number of amides is 3. The summed E-state index contributed by atoms with van der Waals surface area (Å²) in [4.78, 5) is 28.3. The number of halogens is 2. The van der Waals surface area contributed by atoms with Gasteiger partial charge in [0.2, 0.25) is 0 Å². The standard InChI is InChI=1S/C19H19Cl2N3O2/c20-16-7-6-15(17(21)12-16)13-22-19(26)24-10-8-23(9-11-24)18(25)14-4-2-1-3-5-14/h1-7,12H,8-11,13H2,(H,22,26). The first-order valence-corrected chi connectivity index (χ1v) is 9.11. The van der Waals surface area contributed by atoms with Crippen molar-refractivity contribution in [2.75, 3.05) is 26.2 Å². The van der Waals surface area contributed by atoms with E-state index in [1.807, 2.05) is 18.2 Å². The Morgan fingerprint density at radius 1 is 0.923 bits per heavy atom. The van der Waals surface area contributed by atoms with Crippen molar-refractivity contribution in [1.82, 2.24) is 15.1 Å². The summed E-state index contributed by atoms with van der Waals surface area (Å²) in [6.45, 7) is 2.36. The van der Waals surface area contributed by atoms with Crippen molar-refractivity contribution in [1.29, 1.82) is 0 Å². The molecule has 0 unspecified atom stereocenters. The molecule has 0 aliphatic carbocycles. The van der Waals surface area contributed by atoms with Crippen molar-refractivity contribution >= 4 is 35.1 Å².